The van der Waals surface area contributed by atoms with E-state index in [-0.39, 0.29) is 11.7 Å². The first-order valence-electron chi connectivity index (χ1n) is 5.93. The third kappa shape index (κ3) is 2.86. The first-order valence-corrected chi connectivity index (χ1v) is 7.56. The lowest BCUT2D eigenvalue weighted by atomic mass is 10.4. The number of nitrogens with one attached hydrogen (secondary N) is 1. The van der Waals surface area contributed by atoms with Crippen molar-refractivity contribution in [3.8, 4) is 5.88 Å². The van der Waals surface area contributed by atoms with Crippen molar-refractivity contribution in [1.82, 2.24) is 9.97 Å². The van der Waals surface area contributed by atoms with Crippen molar-refractivity contribution in [2.24, 2.45) is 5.73 Å². The number of fused-ring (bicyclic) bond motifs is 1. The Kier molecular flexibility index (Phi) is 3.56. The van der Waals surface area contributed by atoms with Crippen LogP contribution < -0.4 is 10.5 Å². The Morgan fingerprint density at radius 3 is 3.05 bits per heavy atom. The summed E-state index contributed by atoms with van der Waals surface area (Å²) in [5.74, 6) is -0.107. The van der Waals surface area contributed by atoms with Gasteiger partial charge in [0.2, 0.25) is 5.88 Å². The molecule has 5 nitrogen and oxygen atoms in total. The number of nitrogens with zero attached hydrogens (tertiary/aromatic N) is 1. The van der Waals surface area contributed by atoms with Crippen molar-refractivity contribution in [1.29, 1.82) is 0 Å². The number of aryl methyl sites for hydroxylation is 1. The number of amides is 1. The Balaban J connectivity index is 2.07. The van der Waals surface area contributed by atoms with Crippen LogP contribution in [0.4, 0.5) is 9.18 Å². The number of benzene rings is 1. The maximum atomic E-state index is 13.3. The number of H-pyrrole nitrogens is 1. The third-order valence-corrected chi connectivity index (χ3v) is 4.56. The maximum absolute atomic E-state index is 13.3. The highest BCUT2D eigenvalue weighted by Crippen LogP contribution is 2.42. The van der Waals surface area contributed by atoms with E-state index < -0.39 is 6.09 Å². The summed E-state index contributed by atoms with van der Waals surface area (Å²) < 4.78 is 18.3. The van der Waals surface area contributed by atoms with E-state index in [0.29, 0.717) is 15.3 Å². The number of nitrogens with two attached hydrogens (primary N) is 1. The minimum Gasteiger partial charge on any atom is -0.392 e. The Morgan fingerprint density at radius 1 is 1.52 bits per heavy atom. The molecule has 0 radical (unpaired) electrons. The first kappa shape index (κ1) is 13.9. The smallest absolute Gasteiger partial charge is 0.392 e. The van der Waals surface area contributed by atoms with Crippen molar-refractivity contribution in [2.45, 2.75) is 16.7 Å². The molecule has 21 heavy (non-hydrogen) atoms. The number of aromatic amines is 1. The van der Waals surface area contributed by atoms with Gasteiger partial charge >= 0.3 is 6.09 Å². The second-order valence-electron chi connectivity index (χ2n) is 4.17. The van der Waals surface area contributed by atoms with Gasteiger partial charge in [-0.15, -0.1) is 11.3 Å². The van der Waals surface area contributed by atoms with E-state index >= 15 is 0 Å². The number of ether oxygens (including phenoxy) is 1. The molecule has 3 N–H and O–H groups in total. The Bertz CT molecular complexity index is 828. The molecule has 0 bridgehead atoms. The molecule has 0 fully saturated rings. The first-order chi connectivity index (χ1) is 10.0. The molecule has 1 amide bonds. The predicted octanol–water partition coefficient (Wildman–Crippen LogP) is 3.68. The van der Waals surface area contributed by atoms with E-state index in [0.717, 1.165) is 9.84 Å². The lowest BCUT2D eigenvalue weighted by Gasteiger charge is -2.03. The summed E-state index contributed by atoms with van der Waals surface area (Å²) in [6, 6.07) is 6.14. The number of hydrogen-bond donors (Lipinski definition) is 2. The number of carbonyl (C=O) groups excluding carboxylic acids is 1. The van der Waals surface area contributed by atoms with Gasteiger partial charge in [0.05, 0.1) is 5.01 Å². The molecule has 0 aliphatic carbocycles. The fourth-order valence-electron chi connectivity index (χ4n) is 1.85. The molecule has 0 unspecified atom stereocenters. The molecule has 0 aliphatic rings. The third-order valence-electron chi connectivity index (χ3n) is 2.60. The molecule has 0 spiro atoms. The zero-order valence-corrected chi connectivity index (χ0v) is 12.5. The lowest BCUT2D eigenvalue weighted by molar-refractivity contribution is 0.208. The summed E-state index contributed by atoms with van der Waals surface area (Å²) >= 11 is 2.70. The van der Waals surface area contributed by atoms with E-state index in [1.807, 2.05) is 6.92 Å². The van der Waals surface area contributed by atoms with Gasteiger partial charge in [0.1, 0.15) is 21.1 Å². The summed E-state index contributed by atoms with van der Waals surface area (Å²) in [7, 11) is 0. The average molecular weight is 323 g/mol. The normalized spacial score (nSPS) is 11.0. The second-order valence-corrected chi connectivity index (χ2v) is 6.46. The molecular formula is C13H10FN3O2S2. The summed E-state index contributed by atoms with van der Waals surface area (Å²) in [6.45, 7) is 1.88. The quantitative estimate of drug-likeness (QED) is 0.770. The largest absolute Gasteiger partial charge is 0.411 e. The average Bonchev–Trinajstić information content (AvgIpc) is 2.87. The van der Waals surface area contributed by atoms with Crippen molar-refractivity contribution in [3.05, 3.63) is 35.1 Å². The molecule has 0 saturated heterocycles. The van der Waals surface area contributed by atoms with Crippen molar-refractivity contribution >= 4 is 39.5 Å². The van der Waals surface area contributed by atoms with Crippen LogP contribution in [0.2, 0.25) is 0 Å². The predicted molar refractivity (Wildman–Crippen MR) is 79.4 cm³/mol. The molecule has 0 atom stereocenters. The highest BCUT2D eigenvalue weighted by atomic mass is 32.2. The van der Waals surface area contributed by atoms with Gasteiger partial charge in [-0.05, 0) is 25.1 Å². The van der Waals surface area contributed by atoms with E-state index in [1.165, 1.54) is 35.2 Å². The van der Waals surface area contributed by atoms with Crippen LogP contribution in [0.15, 0.2) is 34.1 Å². The molecule has 108 valence electrons. The zero-order valence-electron chi connectivity index (χ0n) is 10.8. The van der Waals surface area contributed by atoms with Crippen LogP contribution in [-0.2, 0) is 0 Å². The molecule has 8 heteroatoms. The summed E-state index contributed by atoms with van der Waals surface area (Å²) in [5, 5.41) is 0.878. The fraction of sp³-hybridized carbons (Fsp3) is 0.0769. The van der Waals surface area contributed by atoms with Gasteiger partial charge in [0, 0.05) is 4.90 Å². The van der Waals surface area contributed by atoms with Gasteiger partial charge in [0.15, 0.2) is 0 Å². The number of halogens is 1. The van der Waals surface area contributed by atoms with Gasteiger partial charge in [0.25, 0.3) is 0 Å². The van der Waals surface area contributed by atoms with E-state index in [1.54, 1.807) is 12.1 Å². The van der Waals surface area contributed by atoms with Crippen LogP contribution in [0.1, 0.15) is 5.01 Å². The molecule has 0 saturated carbocycles. The van der Waals surface area contributed by atoms with Crippen LogP contribution in [0.3, 0.4) is 0 Å². The van der Waals surface area contributed by atoms with E-state index in [2.05, 4.69) is 9.97 Å². The van der Waals surface area contributed by atoms with E-state index in [9.17, 15) is 9.18 Å². The monoisotopic (exact) mass is 323 g/mol. The number of primary amides is 1. The highest BCUT2D eigenvalue weighted by molar-refractivity contribution is 7.99. The van der Waals surface area contributed by atoms with Crippen LogP contribution >= 0.6 is 23.1 Å². The molecule has 3 aromatic rings. The topological polar surface area (TPSA) is 81.0 Å². The minimum absolute atomic E-state index is 0.227. The number of aromatic nitrogens is 2. The minimum atomic E-state index is -0.915. The SMILES string of the molecule is Cc1nc2c(Sc3cccc(F)c3)c(OC(N)=O)[nH]c2s1. The van der Waals surface area contributed by atoms with Crippen LogP contribution in [0, 0.1) is 12.7 Å². The molecule has 1 aromatic carbocycles. The van der Waals surface area contributed by atoms with E-state index in [4.69, 9.17) is 10.5 Å². The molecule has 3 rings (SSSR count). The van der Waals surface area contributed by atoms with Crippen molar-refractivity contribution < 1.29 is 13.9 Å². The lowest BCUT2D eigenvalue weighted by Crippen LogP contribution is -2.16. The zero-order chi connectivity index (χ0) is 15.0. The molecule has 2 heterocycles. The maximum Gasteiger partial charge on any atom is 0.411 e. The number of rotatable bonds is 3. The second kappa shape index (κ2) is 5.38. The molecule has 2 aromatic heterocycles. The van der Waals surface area contributed by atoms with Crippen LogP contribution in [-0.4, -0.2) is 16.1 Å². The summed E-state index contributed by atoms with van der Waals surface area (Å²) in [6.07, 6.45) is -0.915. The van der Waals surface area contributed by atoms with Crippen LogP contribution in [0.25, 0.3) is 10.3 Å². The van der Waals surface area contributed by atoms with Crippen molar-refractivity contribution in [3.63, 3.8) is 0 Å². The van der Waals surface area contributed by atoms with Crippen LogP contribution in [0.5, 0.6) is 5.88 Å². The van der Waals surface area contributed by atoms with Crippen molar-refractivity contribution in [2.75, 3.05) is 0 Å². The van der Waals surface area contributed by atoms with Gasteiger partial charge in [-0.25, -0.2) is 14.2 Å². The fourth-order valence-corrected chi connectivity index (χ4v) is 3.72. The Morgan fingerprint density at radius 2 is 2.33 bits per heavy atom. The summed E-state index contributed by atoms with van der Waals surface area (Å²) in [4.78, 5) is 20.4. The van der Waals surface area contributed by atoms with Gasteiger partial charge in [-0.2, -0.15) is 0 Å². The number of carbonyl (C=O) groups is 1. The van der Waals surface area contributed by atoms with Gasteiger partial charge in [-0.3, -0.25) is 0 Å². The van der Waals surface area contributed by atoms with Gasteiger partial charge in [-0.1, -0.05) is 17.8 Å². The highest BCUT2D eigenvalue weighted by Gasteiger charge is 2.19. The standard InChI is InChI=1S/C13H10FN3O2S2/c1-6-16-9-10(21-8-4-2-3-7(14)5-8)11(19-13(15)18)17-12(9)20-6/h2-5,17H,1H3,(H2,15,18). The molecule has 0 aliphatic heterocycles. The van der Waals surface area contributed by atoms with Gasteiger partial charge < -0.3 is 15.5 Å². The number of hydrogen-bond acceptors (Lipinski definition) is 5. The Labute approximate surface area is 127 Å². The Hall–Kier alpha value is -2.06. The molecular weight excluding hydrogens is 313 g/mol. The number of thiazole rings is 1. The summed E-state index contributed by atoms with van der Waals surface area (Å²) in [5.41, 5.74) is 5.75.